The molecule has 0 aliphatic carbocycles. The van der Waals surface area contributed by atoms with Crippen molar-refractivity contribution in [3.63, 3.8) is 0 Å². The number of aromatic carboxylic acids is 1. The van der Waals surface area contributed by atoms with Crippen molar-refractivity contribution < 1.29 is 47.7 Å². The molecule has 0 bridgehead atoms. The number of imide groups is 1. The molecule has 2 aromatic rings. The zero-order valence-corrected chi connectivity index (χ0v) is 17.9. The van der Waals surface area contributed by atoms with Crippen LogP contribution in [0.1, 0.15) is 15.9 Å². The minimum Gasteiger partial charge on any atom is -0.504 e. The zero-order valence-electron chi connectivity index (χ0n) is 17.1. The number of carboxylic acids is 1. The van der Waals surface area contributed by atoms with Crippen molar-refractivity contribution in [2.75, 3.05) is 11.3 Å². The molecule has 15 heteroatoms. The third-order valence-electron chi connectivity index (χ3n) is 4.49. The Bertz CT molecular complexity index is 1250. The molecule has 1 aliphatic heterocycles. The van der Waals surface area contributed by atoms with Crippen molar-refractivity contribution in [3.8, 4) is 11.5 Å². The molecular weight excluding hydrogens is 476 g/mol. The second kappa shape index (κ2) is 9.53. The number of phenols is 2. The summed E-state index contributed by atoms with van der Waals surface area (Å²) < 4.78 is 32.6. The molecule has 34 heavy (non-hydrogen) atoms. The number of β-lactam (4-membered cyclic amide) rings is 1. The van der Waals surface area contributed by atoms with Gasteiger partial charge in [0, 0.05) is 12.1 Å². The number of carbonyl (C=O) groups excluding carboxylic acids is 3. The molecule has 0 saturated carbocycles. The number of benzene rings is 2. The number of urea groups is 1. The Balaban J connectivity index is 1.54. The number of carbonyl (C=O) groups is 4. The largest absolute Gasteiger partial charge is 0.504 e. The fourth-order valence-electron chi connectivity index (χ4n) is 2.80. The molecule has 1 fully saturated rings. The van der Waals surface area contributed by atoms with Crippen LogP contribution in [0.15, 0.2) is 42.5 Å². The standard InChI is InChI=1S/C19H18N4O10S/c24-14-6-11(17(27)28)12(7-15(14)25)21-34(31,32)22-18(29)23-8-13(16(23)26)20-19(30)33-9-10-4-2-1-3-5-10/h1-7,13,21,24-25H,8-9H2,(H,20,30)(H,22,29)(H,27,28)/t13-/m0/s1. The predicted octanol–water partition coefficient (Wildman–Crippen LogP) is 0.299. The number of ether oxygens (including phenoxy) is 1. The molecule has 3 rings (SSSR count). The van der Waals surface area contributed by atoms with Crippen molar-refractivity contribution in [3.05, 3.63) is 53.6 Å². The number of nitrogens with one attached hydrogen (secondary N) is 3. The number of carboxylic acid groups (broad SMARTS) is 1. The molecule has 1 saturated heterocycles. The Labute approximate surface area is 191 Å². The number of amides is 4. The normalized spacial score (nSPS) is 15.1. The lowest BCUT2D eigenvalue weighted by molar-refractivity contribution is -0.139. The highest BCUT2D eigenvalue weighted by Gasteiger charge is 2.43. The lowest BCUT2D eigenvalue weighted by atomic mass is 10.1. The number of anilines is 1. The van der Waals surface area contributed by atoms with Crippen LogP contribution >= 0.6 is 0 Å². The van der Waals surface area contributed by atoms with Crippen molar-refractivity contribution in [2.45, 2.75) is 12.6 Å². The number of alkyl carbamates (subject to hydrolysis) is 1. The molecule has 0 spiro atoms. The lowest BCUT2D eigenvalue weighted by Crippen LogP contribution is -2.67. The molecule has 6 N–H and O–H groups in total. The molecule has 0 unspecified atom stereocenters. The van der Waals surface area contributed by atoms with Gasteiger partial charge in [0.2, 0.25) is 0 Å². The summed E-state index contributed by atoms with van der Waals surface area (Å²) in [5.41, 5.74) is -0.658. The van der Waals surface area contributed by atoms with Crippen LogP contribution in [-0.4, -0.2) is 65.2 Å². The first-order valence-electron chi connectivity index (χ1n) is 9.39. The van der Waals surface area contributed by atoms with E-state index in [0.29, 0.717) is 22.6 Å². The Morgan fingerprint density at radius 3 is 2.35 bits per heavy atom. The molecule has 1 heterocycles. The number of likely N-dealkylation sites (tertiary alicyclic amines) is 1. The van der Waals surface area contributed by atoms with Gasteiger partial charge in [-0.05, 0) is 5.56 Å². The Hall–Kier alpha value is -4.53. The average Bonchev–Trinajstić information content (AvgIpc) is 2.76. The maximum atomic E-state index is 12.2. The first-order valence-corrected chi connectivity index (χ1v) is 10.9. The fourth-order valence-corrected chi connectivity index (χ4v) is 3.65. The van der Waals surface area contributed by atoms with Gasteiger partial charge in [-0.2, -0.15) is 8.42 Å². The SMILES string of the molecule is O=C(N[C@H]1CN(C(=O)NS(=O)(=O)Nc2cc(O)c(O)cc2C(=O)O)C1=O)OCc1ccccc1. The topological polar surface area (TPSA) is 212 Å². The summed E-state index contributed by atoms with van der Waals surface area (Å²) in [6, 6.07) is 7.47. The number of nitrogens with zero attached hydrogens (tertiary/aromatic N) is 1. The minimum atomic E-state index is -4.76. The van der Waals surface area contributed by atoms with Gasteiger partial charge in [-0.15, -0.1) is 0 Å². The highest BCUT2D eigenvalue weighted by Crippen LogP contribution is 2.32. The number of rotatable bonds is 7. The third kappa shape index (κ3) is 5.63. The molecule has 1 atom stereocenters. The van der Waals surface area contributed by atoms with Crippen molar-refractivity contribution >= 4 is 39.9 Å². The average molecular weight is 494 g/mol. The predicted molar refractivity (Wildman–Crippen MR) is 113 cm³/mol. The fraction of sp³-hybridized carbons (Fsp3) is 0.158. The summed E-state index contributed by atoms with van der Waals surface area (Å²) in [4.78, 5) is 47.8. The van der Waals surface area contributed by atoms with Crippen molar-refractivity contribution in [1.82, 2.24) is 14.9 Å². The lowest BCUT2D eigenvalue weighted by Gasteiger charge is -2.36. The van der Waals surface area contributed by atoms with E-state index < -0.39 is 63.0 Å². The molecule has 0 radical (unpaired) electrons. The monoisotopic (exact) mass is 494 g/mol. The summed E-state index contributed by atoms with van der Waals surface area (Å²) in [7, 11) is -4.76. The van der Waals surface area contributed by atoms with E-state index >= 15 is 0 Å². The van der Waals surface area contributed by atoms with Crippen LogP contribution in [0.25, 0.3) is 0 Å². The van der Waals surface area contributed by atoms with Gasteiger partial charge in [-0.1, -0.05) is 30.3 Å². The molecule has 4 amide bonds. The van der Waals surface area contributed by atoms with Gasteiger partial charge in [-0.3, -0.25) is 14.4 Å². The van der Waals surface area contributed by atoms with E-state index in [4.69, 9.17) is 9.84 Å². The van der Waals surface area contributed by atoms with E-state index in [9.17, 15) is 37.8 Å². The van der Waals surface area contributed by atoms with Crippen molar-refractivity contribution in [2.24, 2.45) is 0 Å². The number of phenolic OH excluding ortho intramolecular Hbond substituents is 2. The molecule has 1 aliphatic rings. The molecule has 0 aromatic heterocycles. The summed E-state index contributed by atoms with van der Waals surface area (Å²) in [6.45, 7) is -0.395. The maximum Gasteiger partial charge on any atom is 0.408 e. The van der Waals surface area contributed by atoms with Crippen LogP contribution in [0.4, 0.5) is 15.3 Å². The van der Waals surface area contributed by atoms with Crippen LogP contribution in [0.5, 0.6) is 11.5 Å². The minimum absolute atomic E-state index is 0.0488. The summed E-state index contributed by atoms with van der Waals surface area (Å²) in [5.74, 6) is -4.17. The molecule has 14 nitrogen and oxygen atoms in total. The van der Waals surface area contributed by atoms with Crippen LogP contribution in [0.2, 0.25) is 0 Å². The second-order valence-electron chi connectivity index (χ2n) is 6.91. The van der Waals surface area contributed by atoms with Gasteiger partial charge in [0.1, 0.15) is 12.6 Å². The Morgan fingerprint density at radius 2 is 1.74 bits per heavy atom. The van der Waals surface area contributed by atoms with E-state index in [1.165, 1.54) is 4.72 Å². The van der Waals surface area contributed by atoms with Gasteiger partial charge < -0.3 is 25.4 Å². The van der Waals surface area contributed by atoms with E-state index in [2.05, 4.69) is 5.32 Å². The quantitative estimate of drug-likeness (QED) is 0.176. The first-order chi connectivity index (χ1) is 16.0. The van der Waals surface area contributed by atoms with Crippen LogP contribution in [0.3, 0.4) is 0 Å². The van der Waals surface area contributed by atoms with Crippen LogP contribution in [0, 0.1) is 0 Å². The third-order valence-corrected chi connectivity index (χ3v) is 5.42. The highest BCUT2D eigenvalue weighted by molar-refractivity contribution is 7.91. The van der Waals surface area contributed by atoms with E-state index in [1.54, 1.807) is 35.1 Å². The van der Waals surface area contributed by atoms with Gasteiger partial charge in [0.05, 0.1) is 17.8 Å². The zero-order chi connectivity index (χ0) is 25.0. The highest BCUT2D eigenvalue weighted by atomic mass is 32.2. The van der Waals surface area contributed by atoms with Gasteiger partial charge in [0.25, 0.3) is 5.91 Å². The number of hydrogen-bond donors (Lipinski definition) is 6. The van der Waals surface area contributed by atoms with Crippen molar-refractivity contribution in [1.29, 1.82) is 0 Å². The van der Waals surface area contributed by atoms with Gasteiger partial charge >= 0.3 is 28.3 Å². The summed E-state index contributed by atoms with van der Waals surface area (Å²) >= 11 is 0. The number of aromatic hydroxyl groups is 2. The van der Waals surface area contributed by atoms with Crippen LogP contribution < -0.4 is 14.8 Å². The Morgan fingerprint density at radius 1 is 1.09 bits per heavy atom. The van der Waals surface area contributed by atoms with E-state index in [1.807, 2.05) is 0 Å². The van der Waals surface area contributed by atoms with E-state index in [0.717, 1.165) is 0 Å². The second-order valence-corrected chi connectivity index (χ2v) is 8.33. The molecule has 2 aromatic carbocycles. The molecular formula is C19H18N4O10S. The van der Waals surface area contributed by atoms with E-state index in [-0.39, 0.29) is 13.2 Å². The maximum absolute atomic E-state index is 12.2. The van der Waals surface area contributed by atoms with Gasteiger partial charge in [0.15, 0.2) is 11.5 Å². The number of hydrogen-bond acceptors (Lipinski definition) is 9. The summed E-state index contributed by atoms with van der Waals surface area (Å²) in [6.07, 6.45) is -0.912. The smallest absolute Gasteiger partial charge is 0.408 e. The first kappa shape index (κ1) is 24.1. The Kier molecular flexibility index (Phi) is 6.76. The van der Waals surface area contributed by atoms with Crippen LogP contribution in [-0.2, 0) is 26.3 Å². The summed E-state index contributed by atoms with van der Waals surface area (Å²) in [5, 5.41) is 30.3. The molecule has 180 valence electrons. The van der Waals surface area contributed by atoms with Gasteiger partial charge in [-0.25, -0.2) is 19.1 Å².